The topological polar surface area (TPSA) is 60.3 Å². The van der Waals surface area contributed by atoms with Crippen molar-refractivity contribution in [3.05, 3.63) is 57.0 Å². The van der Waals surface area contributed by atoms with Crippen LogP contribution in [0.2, 0.25) is 4.34 Å². The van der Waals surface area contributed by atoms with Crippen LogP contribution in [0.25, 0.3) is 0 Å². The Kier molecular flexibility index (Phi) is 9.02. The average Bonchev–Trinajstić information content (AvgIpc) is 3.35. The largest absolute Gasteiger partial charge is 0.486 e. The Morgan fingerprint density at radius 2 is 1.97 bits per heavy atom. The molecule has 3 rings (SSSR count). The minimum Gasteiger partial charge on any atom is -0.486 e. The highest BCUT2D eigenvalue weighted by Crippen LogP contribution is 2.24. The van der Waals surface area contributed by atoms with Crippen molar-refractivity contribution in [2.75, 3.05) is 12.8 Å². The van der Waals surface area contributed by atoms with Gasteiger partial charge in [-0.05, 0) is 42.2 Å². The van der Waals surface area contributed by atoms with Crippen LogP contribution in [0.15, 0.2) is 41.6 Å². The Balaban J connectivity index is 1.61. The number of hydrogen-bond donors (Lipinski definition) is 0. The number of carbonyl (C=O) groups excluding carboxylic acids is 1. The van der Waals surface area contributed by atoms with Gasteiger partial charge in [0.25, 0.3) is 0 Å². The predicted molar refractivity (Wildman–Crippen MR) is 132 cm³/mol. The third-order valence-corrected chi connectivity index (χ3v) is 6.98. The summed E-state index contributed by atoms with van der Waals surface area (Å²) in [6, 6.07) is 11.9. The minimum absolute atomic E-state index is 0.0347. The van der Waals surface area contributed by atoms with E-state index in [1.165, 1.54) is 28.7 Å². The summed E-state index contributed by atoms with van der Waals surface area (Å²) in [5.41, 5.74) is 1.27. The summed E-state index contributed by atoms with van der Waals surface area (Å²) < 4.78 is 8.73. The van der Waals surface area contributed by atoms with Crippen molar-refractivity contribution in [2.45, 2.75) is 52.0 Å². The number of aryl methyl sites for hydroxylation is 1. The molecule has 0 fully saturated rings. The number of thioether (sulfide) groups is 1. The van der Waals surface area contributed by atoms with Crippen molar-refractivity contribution in [3.8, 4) is 5.75 Å². The summed E-state index contributed by atoms with van der Waals surface area (Å²) in [6.45, 7) is 8.07. The second-order valence-electron chi connectivity index (χ2n) is 7.93. The molecule has 0 aliphatic heterocycles. The van der Waals surface area contributed by atoms with E-state index in [4.69, 9.17) is 16.3 Å². The van der Waals surface area contributed by atoms with Gasteiger partial charge in [-0.2, -0.15) is 0 Å². The number of carbonyl (C=O) groups is 1. The van der Waals surface area contributed by atoms with Crippen LogP contribution >= 0.6 is 34.7 Å². The number of benzene rings is 1. The molecule has 0 N–H and O–H groups in total. The second kappa shape index (κ2) is 11.7. The number of ether oxygens (including phenoxy) is 1. The molecule has 0 spiro atoms. The molecule has 6 nitrogen and oxygen atoms in total. The summed E-state index contributed by atoms with van der Waals surface area (Å²) in [5.74, 6) is 2.31. The molecular formula is C23H29ClN4O2S2. The maximum atomic E-state index is 12.6. The fourth-order valence-corrected chi connectivity index (χ4v) is 5.09. The predicted octanol–water partition coefficient (Wildman–Crippen LogP) is 5.54. The lowest BCUT2D eigenvalue weighted by Gasteiger charge is -2.16. The van der Waals surface area contributed by atoms with Gasteiger partial charge < -0.3 is 14.2 Å². The first-order chi connectivity index (χ1) is 15.4. The molecule has 2 aromatic heterocycles. The first-order valence-electron chi connectivity index (χ1n) is 10.6. The third-order valence-electron chi connectivity index (χ3n) is 4.81. The molecular weight excluding hydrogens is 464 g/mol. The molecule has 0 unspecified atom stereocenters. The van der Waals surface area contributed by atoms with Gasteiger partial charge in [-0.1, -0.05) is 56.3 Å². The lowest BCUT2D eigenvalue weighted by atomic mass is 10.2. The molecule has 0 radical (unpaired) electrons. The maximum Gasteiger partial charge on any atom is 0.233 e. The monoisotopic (exact) mass is 492 g/mol. The van der Waals surface area contributed by atoms with Crippen LogP contribution in [0.5, 0.6) is 5.75 Å². The van der Waals surface area contributed by atoms with Crippen LogP contribution < -0.4 is 4.74 Å². The van der Waals surface area contributed by atoms with E-state index in [-0.39, 0.29) is 5.91 Å². The Morgan fingerprint density at radius 1 is 1.22 bits per heavy atom. The summed E-state index contributed by atoms with van der Waals surface area (Å²) in [6.07, 6.45) is 0.999. The van der Waals surface area contributed by atoms with Crippen LogP contribution in [0.3, 0.4) is 0 Å². The minimum atomic E-state index is 0.0347. The van der Waals surface area contributed by atoms with Crippen LogP contribution in [-0.4, -0.2) is 38.4 Å². The van der Waals surface area contributed by atoms with Gasteiger partial charge in [-0.3, -0.25) is 4.79 Å². The molecule has 0 saturated carbocycles. The van der Waals surface area contributed by atoms with E-state index in [0.717, 1.165) is 38.9 Å². The zero-order chi connectivity index (χ0) is 23.1. The Morgan fingerprint density at radius 3 is 2.59 bits per heavy atom. The van der Waals surface area contributed by atoms with Gasteiger partial charge in [0.15, 0.2) is 11.0 Å². The first kappa shape index (κ1) is 24.6. The van der Waals surface area contributed by atoms with E-state index in [0.29, 0.717) is 24.8 Å². The van der Waals surface area contributed by atoms with Crippen LogP contribution in [-0.2, 0) is 30.9 Å². The number of thiophene rings is 1. The van der Waals surface area contributed by atoms with Gasteiger partial charge in [0.05, 0.1) is 16.6 Å². The Labute approximate surface area is 202 Å². The van der Waals surface area contributed by atoms with E-state index in [2.05, 4.69) is 47.7 Å². The molecule has 1 aromatic carbocycles. The van der Waals surface area contributed by atoms with Crippen molar-refractivity contribution < 1.29 is 9.53 Å². The van der Waals surface area contributed by atoms with Gasteiger partial charge in [0, 0.05) is 18.5 Å². The summed E-state index contributed by atoms with van der Waals surface area (Å²) in [7, 11) is 1.80. The second-order valence-corrected chi connectivity index (χ2v) is 10.7. The van der Waals surface area contributed by atoms with E-state index in [9.17, 15) is 4.79 Å². The molecule has 2 heterocycles. The molecule has 0 atom stereocenters. The van der Waals surface area contributed by atoms with Gasteiger partial charge >= 0.3 is 0 Å². The Bertz CT molecular complexity index is 1020. The quantitative estimate of drug-likeness (QED) is 0.329. The fourth-order valence-electron chi connectivity index (χ4n) is 3.05. The highest BCUT2D eigenvalue weighted by molar-refractivity contribution is 7.99. The Hall–Kier alpha value is -2.03. The standard InChI is InChI=1S/C23H29ClN4O2S2/c1-5-17-6-8-18(9-7-17)30-14-21-25-26-23(28(21)12-16(2)3)31-15-22(29)27(4)13-19-10-11-20(24)32-19/h6-11,16H,5,12-15H2,1-4H3. The number of aromatic nitrogens is 3. The highest BCUT2D eigenvalue weighted by Gasteiger charge is 2.18. The van der Waals surface area contributed by atoms with Gasteiger partial charge in [0.1, 0.15) is 12.4 Å². The molecule has 1 amide bonds. The molecule has 172 valence electrons. The average molecular weight is 493 g/mol. The first-order valence-corrected chi connectivity index (χ1v) is 12.8. The highest BCUT2D eigenvalue weighted by atomic mass is 35.5. The number of nitrogens with zero attached hydrogens (tertiary/aromatic N) is 4. The molecule has 0 saturated heterocycles. The van der Waals surface area contributed by atoms with Gasteiger partial charge in [-0.15, -0.1) is 21.5 Å². The SMILES string of the molecule is CCc1ccc(OCc2nnc(SCC(=O)N(C)Cc3ccc(Cl)s3)n2CC(C)C)cc1. The van der Waals surface area contributed by atoms with Crippen molar-refractivity contribution in [1.29, 1.82) is 0 Å². The number of rotatable bonds is 11. The van der Waals surface area contributed by atoms with Crippen LogP contribution in [0.1, 0.15) is 37.0 Å². The molecule has 3 aromatic rings. The van der Waals surface area contributed by atoms with Gasteiger partial charge in [-0.25, -0.2) is 0 Å². The van der Waals surface area contributed by atoms with Crippen LogP contribution in [0, 0.1) is 5.92 Å². The lowest BCUT2D eigenvalue weighted by molar-refractivity contribution is -0.127. The molecule has 9 heteroatoms. The van der Waals surface area contributed by atoms with Crippen LogP contribution in [0.4, 0.5) is 0 Å². The van der Waals surface area contributed by atoms with E-state index >= 15 is 0 Å². The third kappa shape index (κ3) is 6.98. The fraction of sp³-hybridized carbons (Fsp3) is 0.435. The normalized spacial score (nSPS) is 11.2. The molecule has 0 aliphatic rings. The van der Waals surface area contributed by atoms with E-state index in [1.807, 2.05) is 24.3 Å². The van der Waals surface area contributed by atoms with Crippen molar-refractivity contribution in [2.24, 2.45) is 5.92 Å². The number of hydrogen-bond acceptors (Lipinski definition) is 6. The zero-order valence-corrected chi connectivity index (χ0v) is 21.3. The lowest BCUT2D eigenvalue weighted by Crippen LogP contribution is -2.27. The summed E-state index contributed by atoms with van der Waals surface area (Å²) in [5, 5.41) is 9.41. The summed E-state index contributed by atoms with van der Waals surface area (Å²) >= 11 is 8.89. The maximum absolute atomic E-state index is 12.6. The van der Waals surface area contributed by atoms with Crippen molar-refractivity contribution >= 4 is 40.6 Å². The van der Waals surface area contributed by atoms with Gasteiger partial charge in [0.2, 0.25) is 5.91 Å². The zero-order valence-electron chi connectivity index (χ0n) is 18.9. The molecule has 32 heavy (non-hydrogen) atoms. The molecule has 0 aliphatic carbocycles. The van der Waals surface area contributed by atoms with E-state index < -0.39 is 0 Å². The molecule has 0 bridgehead atoms. The smallest absolute Gasteiger partial charge is 0.233 e. The van der Waals surface area contributed by atoms with Crippen molar-refractivity contribution in [3.63, 3.8) is 0 Å². The number of amides is 1. The van der Waals surface area contributed by atoms with E-state index in [1.54, 1.807) is 11.9 Å². The summed E-state index contributed by atoms with van der Waals surface area (Å²) in [4.78, 5) is 15.4. The van der Waals surface area contributed by atoms with Crippen molar-refractivity contribution in [1.82, 2.24) is 19.7 Å². The number of halogens is 1.